The van der Waals surface area contributed by atoms with Crippen LogP contribution >= 0.6 is 0 Å². The van der Waals surface area contributed by atoms with Gasteiger partial charge in [0.1, 0.15) is 0 Å². The Labute approximate surface area is 125 Å². The maximum Gasteiger partial charge on any atom is 0.0705 e. The van der Waals surface area contributed by atoms with Crippen molar-refractivity contribution in [2.45, 2.75) is 19.4 Å². The Morgan fingerprint density at radius 1 is 1.00 bits per heavy atom. The van der Waals surface area contributed by atoms with E-state index in [4.69, 9.17) is 0 Å². The molecule has 0 bridgehead atoms. The van der Waals surface area contributed by atoms with Crippen LogP contribution in [0.1, 0.15) is 24.1 Å². The molecule has 0 saturated heterocycles. The third-order valence-electron chi connectivity index (χ3n) is 3.70. The molecule has 3 aromatic rings. The number of nitrogens with one attached hydrogen (secondary N) is 1. The summed E-state index contributed by atoms with van der Waals surface area (Å²) in [6.07, 6.45) is 6.55. The summed E-state index contributed by atoms with van der Waals surface area (Å²) < 4.78 is 0. The molecule has 1 unspecified atom stereocenters. The van der Waals surface area contributed by atoms with Gasteiger partial charge in [-0.2, -0.15) is 0 Å². The molecule has 1 N–H and O–H groups in total. The van der Waals surface area contributed by atoms with E-state index < -0.39 is 0 Å². The number of aromatic nitrogens is 2. The third kappa shape index (κ3) is 3.09. The second-order valence-electron chi connectivity index (χ2n) is 5.09. The van der Waals surface area contributed by atoms with Gasteiger partial charge in [0.05, 0.1) is 5.52 Å². The molecular weight excluding hydrogens is 258 g/mol. The molecule has 2 aromatic heterocycles. The molecule has 2 heterocycles. The van der Waals surface area contributed by atoms with Crippen molar-refractivity contribution in [2.75, 3.05) is 6.54 Å². The van der Waals surface area contributed by atoms with Crippen molar-refractivity contribution < 1.29 is 0 Å². The van der Waals surface area contributed by atoms with Crippen molar-refractivity contribution >= 4 is 10.9 Å². The molecule has 0 fully saturated rings. The van der Waals surface area contributed by atoms with Crippen molar-refractivity contribution in [1.82, 2.24) is 15.3 Å². The van der Waals surface area contributed by atoms with E-state index in [0.29, 0.717) is 0 Å². The summed E-state index contributed by atoms with van der Waals surface area (Å²) in [7, 11) is 0. The Hall–Kier alpha value is -2.26. The van der Waals surface area contributed by atoms with Gasteiger partial charge >= 0.3 is 0 Å². The average Bonchev–Trinajstić information content (AvgIpc) is 2.55. The SMILES string of the molecule is CCNC(Cc1ccncc1)c1ccnc2ccccc12. The molecule has 106 valence electrons. The van der Waals surface area contributed by atoms with Gasteiger partial charge in [-0.25, -0.2) is 0 Å². The van der Waals surface area contributed by atoms with Gasteiger partial charge in [0.15, 0.2) is 0 Å². The predicted molar refractivity (Wildman–Crippen MR) is 86.1 cm³/mol. The smallest absolute Gasteiger partial charge is 0.0705 e. The summed E-state index contributed by atoms with van der Waals surface area (Å²) in [5.41, 5.74) is 3.64. The summed E-state index contributed by atoms with van der Waals surface area (Å²) >= 11 is 0. The molecule has 0 saturated carbocycles. The first-order valence-electron chi connectivity index (χ1n) is 7.34. The van der Waals surface area contributed by atoms with E-state index in [2.05, 4.69) is 58.6 Å². The highest BCUT2D eigenvalue weighted by Gasteiger charge is 2.14. The number of benzene rings is 1. The monoisotopic (exact) mass is 277 g/mol. The van der Waals surface area contributed by atoms with Gasteiger partial charge in [-0.05, 0) is 48.4 Å². The van der Waals surface area contributed by atoms with Gasteiger partial charge in [0, 0.05) is 30.0 Å². The third-order valence-corrected chi connectivity index (χ3v) is 3.70. The van der Waals surface area contributed by atoms with E-state index in [9.17, 15) is 0 Å². The Kier molecular flexibility index (Phi) is 4.22. The summed E-state index contributed by atoms with van der Waals surface area (Å²) in [6.45, 7) is 3.08. The van der Waals surface area contributed by atoms with Gasteiger partial charge in [0.2, 0.25) is 0 Å². The first-order chi connectivity index (χ1) is 10.4. The predicted octanol–water partition coefficient (Wildman–Crippen LogP) is 3.52. The van der Waals surface area contributed by atoms with Crippen LogP contribution in [0, 0.1) is 0 Å². The normalized spacial score (nSPS) is 12.4. The lowest BCUT2D eigenvalue weighted by molar-refractivity contribution is 0.553. The second-order valence-corrected chi connectivity index (χ2v) is 5.09. The molecule has 0 spiro atoms. The van der Waals surface area contributed by atoms with Crippen LogP contribution in [-0.4, -0.2) is 16.5 Å². The highest BCUT2D eigenvalue weighted by Crippen LogP contribution is 2.25. The lowest BCUT2D eigenvalue weighted by Crippen LogP contribution is -2.23. The van der Waals surface area contributed by atoms with Crippen LogP contribution < -0.4 is 5.32 Å². The lowest BCUT2D eigenvalue weighted by atomic mass is 9.96. The number of hydrogen-bond acceptors (Lipinski definition) is 3. The number of likely N-dealkylation sites (N-methyl/N-ethyl adjacent to an activating group) is 1. The number of hydrogen-bond donors (Lipinski definition) is 1. The van der Waals surface area contributed by atoms with Crippen molar-refractivity contribution in [3.8, 4) is 0 Å². The fourth-order valence-electron chi connectivity index (χ4n) is 2.71. The lowest BCUT2D eigenvalue weighted by Gasteiger charge is -2.20. The van der Waals surface area contributed by atoms with Crippen LogP contribution in [0.5, 0.6) is 0 Å². The first-order valence-corrected chi connectivity index (χ1v) is 7.34. The summed E-state index contributed by atoms with van der Waals surface area (Å²) in [5.74, 6) is 0. The standard InChI is InChI=1S/C18H19N3/c1-2-20-18(13-14-7-10-19-11-8-14)16-9-12-21-17-6-4-3-5-15(16)17/h3-12,18,20H,2,13H2,1H3. The molecule has 3 nitrogen and oxygen atoms in total. The molecule has 0 amide bonds. The van der Waals surface area contributed by atoms with Crippen molar-refractivity contribution in [3.63, 3.8) is 0 Å². The van der Waals surface area contributed by atoms with Crippen LogP contribution in [0.25, 0.3) is 10.9 Å². The maximum atomic E-state index is 4.45. The van der Waals surface area contributed by atoms with Gasteiger partial charge < -0.3 is 5.32 Å². The highest BCUT2D eigenvalue weighted by molar-refractivity contribution is 5.82. The molecule has 0 aliphatic heterocycles. The topological polar surface area (TPSA) is 37.8 Å². The molecule has 0 radical (unpaired) electrons. The molecule has 3 rings (SSSR count). The fraction of sp³-hybridized carbons (Fsp3) is 0.222. The number of fused-ring (bicyclic) bond motifs is 1. The molecule has 1 atom stereocenters. The van der Waals surface area contributed by atoms with Crippen LogP contribution in [0.3, 0.4) is 0 Å². The average molecular weight is 277 g/mol. The number of pyridine rings is 2. The van der Waals surface area contributed by atoms with Crippen molar-refractivity contribution in [2.24, 2.45) is 0 Å². The molecule has 0 aliphatic rings. The van der Waals surface area contributed by atoms with E-state index in [1.165, 1.54) is 16.5 Å². The van der Waals surface area contributed by atoms with Gasteiger partial charge in [0.25, 0.3) is 0 Å². The minimum atomic E-state index is 0.283. The van der Waals surface area contributed by atoms with E-state index in [1.807, 2.05) is 24.7 Å². The summed E-state index contributed by atoms with van der Waals surface area (Å²) in [4.78, 5) is 8.54. The Morgan fingerprint density at radius 3 is 2.62 bits per heavy atom. The highest BCUT2D eigenvalue weighted by atomic mass is 14.9. The largest absolute Gasteiger partial charge is 0.310 e. The van der Waals surface area contributed by atoms with Gasteiger partial charge in [-0.15, -0.1) is 0 Å². The van der Waals surface area contributed by atoms with Gasteiger partial charge in [-0.1, -0.05) is 25.1 Å². The van der Waals surface area contributed by atoms with E-state index in [0.717, 1.165) is 18.5 Å². The second kappa shape index (κ2) is 6.46. The Bertz CT molecular complexity index is 704. The minimum Gasteiger partial charge on any atom is -0.310 e. The zero-order valence-corrected chi connectivity index (χ0v) is 12.2. The van der Waals surface area contributed by atoms with E-state index in [1.54, 1.807) is 0 Å². The van der Waals surface area contributed by atoms with E-state index >= 15 is 0 Å². The summed E-state index contributed by atoms with van der Waals surface area (Å²) in [5, 5.41) is 4.81. The van der Waals surface area contributed by atoms with E-state index in [-0.39, 0.29) is 6.04 Å². The number of rotatable bonds is 5. The molecule has 21 heavy (non-hydrogen) atoms. The first kappa shape index (κ1) is 13.7. The number of nitrogens with zero attached hydrogens (tertiary/aromatic N) is 2. The van der Waals surface area contributed by atoms with Crippen LogP contribution in [0.15, 0.2) is 61.1 Å². The van der Waals surface area contributed by atoms with Gasteiger partial charge in [-0.3, -0.25) is 9.97 Å². The minimum absolute atomic E-state index is 0.283. The number of para-hydroxylation sites is 1. The molecule has 0 aliphatic carbocycles. The fourth-order valence-corrected chi connectivity index (χ4v) is 2.71. The molecule has 3 heteroatoms. The summed E-state index contributed by atoms with van der Waals surface area (Å²) in [6, 6.07) is 14.9. The van der Waals surface area contributed by atoms with Crippen molar-refractivity contribution in [1.29, 1.82) is 0 Å². The molecule has 1 aromatic carbocycles. The Balaban J connectivity index is 1.99. The van der Waals surface area contributed by atoms with Crippen molar-refractivity contribution in [3.05, 3.63) is 72.2 Å². The van der Waals surface area contributed by atoms with Crippen LogP contribution in [0.4, 0.5) is 0 Å². The Morgan fingerprint density at radius 2 is 1.81 bits per heavy atom. The zero-order valence-electron chi connectivity index (χ0n) is 12.2. The zero-order chi connectivity index (χ0) is 14.5. The quantitative estimate of drug-likeness (QED) is 0.775. The molecular formula is C18H19N3. The van der Waals surface area contributed by atoms with Crippen LogP contribution in [-0.2, 0) is 6.42 Å². The maximum absolute atomic E-state index is 4.45. The van der Waals surface area contributed by atoms with Crippen LogP contribution in [0.2, 0.25) is 0 Å².